The molecule has 130 valence electrons. The van der Waals surface area contributed by atoms with Crippen LogP contribution < -0.4 is 14.8 Å². The molecule has 1 aliphatic rings. The van der Waals surface area contributed by atoms with Crippen LogP contribution in [0.4, 0.5) is 10.1 Å². The van der Waals surface area contributed by atoms with Crippen LogP contribution in [0.25, 0.3) is 0 Å². The van der Waals surface area contributed by atoms with Crippen LogP contribution in [0.15, 0.2) is 42.5 Å². The minimum Gasteiger partial charge on any atom is -0.486 e. The van der Waals surface area contributed by atoms with E-state index < -0.39 is 23.8 Å². The van der Waals surface area contributed by atoms with Gasteiger partial charge in [0.25, 0.3) is 0 Å². The molecule has 3 rings (SSSR count). The first-order valence-corrected chi connectivity index (χ1v) is 7.65. The second-order valence-corrected chi connectivity index (χ2v) is 5.47. The molecule has 0 aliphatic carbocycles. The summed E-state index contributed by atoms with van der Waals surface area (Å²) < 4.78 is 30.0. The minimum atomic E-state index is -0.644. The normalized spacial score (nSPS) is 15.4. The van der Waals surface area contributed by atoms with Gasteiger partial charge in [-0.05, 0) is 30.3 Å². The molecule has 1 atom stereocenters. The third kappa shape index (κ3) is 4.06. The fourth-order valence-electron chi connectivity index (χ4n) is 2.33. The second-order valence-electron chi connectivity index (χ2n) is 5.47. The Bertz CT molecular complexity index is 808. The number of hydrogen-bond donors (Lipinski definition) is 1. The standard InChI is InChI=1S/C18H16FNO5/c1-11(21)20-15-8-12(6-7-14(15)19)18(22)24-10-13-9-23-16-4-2-3-5-17(16)25-13/h2-8,13H,9-10H2,1H3,(H,20,21)/t13-/m0/s1. The Morgan fingerprint density at radius 1 is 1.24 bits per heavy atom. The van der Waals surface area contributed by atoms with Gasteiger partial charge in [-0.2, -0.15) is 0 Å². The van der Waals surface area contributed by atoms with E-state index in [1.165, 1.54) is 19.1 Å². The molecule has 0 radical (unpaired) electrons. The van der Waals surface area contributed by atoms with Gasteiger partial charge >= 0.3 is 5.97 Å². The van der Waals surface area contributed by atoms with Crippen molar-refractivity contribution < 1.29 is 28.2 Å². The highest BCUT2D eigenvalue weighted by Crippen LogP contribution is 2.30. The van der Waals surface area contributed by atoms with Gasteiger partial charge in [0.15, 0.2) is 17.6 Å². The van der Waals surface area contributed by atoms with E-state index in [0.29, 0.717) is 11.5 Å². The highest BCUT2D eigenvalue weighted by atomic mass is 19.1. The third-order valence-corrected chi connectivity index (χ3v) is 3.48. The molecule has 0 spiro atoms. The van der Waals surface area contributed by atoms with Crippen LogP contribution in [-0.2, 0) is 9.53 Å². The van der Waals surface area contributed by atoms with E-state index in [0.717, 1.165) is 6.07 Å². The van der Waals surface area contributed by atoms with Gasteiger partial charge in [0.1, 0.15) is 19.0 Å². The maximum Gasteiger partial charge on any atom is 0.338 e. The van der Waals surface area contributed by atoms with Crippen LogP contribution in [0.3, 0.4) is 0 Å². The first kappa shape index (κ1) is 16.8. The number of carbonyl (C=O) groups excluding carboxylic acids is 2. The summed E-state index contributed by atoms with van der Waals surface area (Å²) in [6.07, 6.45) is -0.436. The molecule has 1 heterocycles. The zero-order valence-electron chi connectivity index (χ0n) is 13.5. The van der Waals surface area contributed by atoms with Crippen molar-refractivity contribution in [2.24, 2.45) is 0 Å². The molecule has 25 heavy (non-hydrogen) atoms. The fourth-order valence-corrected chi connectivity index (χ4v) is 2.33. The Morgan fingerprint density at radius 3 is 2.76 bits per heavy atom. The molecule has 1 aliphatic heterocycles. The molecule has 0 saturated heterocycles. The maximum absolute atomic E-state index is 13.6. The lowest BCUT2D eigenvalue weighted by Crippen LogP contribution is -2.34. The van der Waals surface area contributed by atoms with Gasteiger partial charge < -0.3 is 19.5 Å². The number of amides is 1. The summed E-state index contributed by atoms with van der Waals surface area (Å²) in [6, 6.07) is 10.8. The largest absolute Gasteiger partial charge is 0.486 e. The summed E-state index contributed by atoms with van der Waals surface area (Å²) in [7, 11) is 0. The van der Waals surface area contributed by atoms with Crippen LogP contribution in [0.1, 0.15) is 17.3 Å². The number of fused-ring (bicyclic) bond motifs is 1. The highest BCUT2D eigenvalue weighted by molar-refractivity contribution is 5.93. The van der Waals surface area contributed by atoms with Crippen LogP contribution in [0, 0.1) is 5.82 Å². The van der Waals surface area contributed by atoms with Crippen molar-refractivity contribution in [2.45, 2.75) is 13.0 Å². The van der Waals surface area contributed by atoms with Crippen molar-refractivity contribution in [1.29, 1.82) is 0 Å². The molecular weight excluding hydrogens is 329 g/mol. The number of benzene rings is 2. The van der Waals surface area contributed by atoms with Gasteiger partial charge in [-0.15, -0.1) is 0 Å². The Balaban J connectivity index is 1.61. The predicted octanol–water partition coefficient (Wildman–Crippen LogP) is 2.78. The molecule has 0 fully saturated rings. The number of para-hydroxylation sites is 2. The minimum absolute atomic E-state index is 0.0139. The van der Waals surface area contributed by atoms with Crippen molar-refractivity contribution >= 4 is 17.6 Å². The van der Waals surface area contributed by atoms with E-state index in [2.05, 4.69) is 5.32 Å². The summed E-state index contributed by atoms with van der Waals surface area (Å²) in [5.74, 6) is -0.481. The predicted molar refractivity (Wildman–Crippen MR) is 87.3 cm³/mol. The van der Waals surface area contributed by atoms with Crippen LogP contribution in [0.2, 0.25) is 0 Å². The van der Waals surface area contributed by atoms with E-state index in [1.54, 1.807) is 12.1 Å². The Morgan fingerprint density at radius 2 is 2.00 bits per heavy atom. The highest BCUT2D eigenvalue weighted by Gasteiger charge is 2.22. The molecule has 0 bridgehead atoms. The number of ether oxygens (including phenoxy) is 3. The quantitative estimate of drug-likeness (QED) is 0.863. The topological polar surface area (TPSA) is 73.9 Å². The fraction of sp³-hybridized carbons (Fsp3) is 0.222. The lowest BCUT2D eigenvalue weighted by atomic mass is 10.2. The molecule has 0 unspecified atom stereocenters. The maximum atomic E-state index is 13.6. The first-order chi connectivity index (χ1) is 12.0. The smallest absolute Gasteiger partial charge is 0.338 e. The number of halogens is 1. The number of nitrogens with one attached hydrogen (secondary N) is 1. The van der Waals surface area contributed by atoms with Crippen molar-refractivity contribution in [3.05, 3.63) is 53.8 Å². The van der Waals surface area contributed by atoms with Gasteiger partial charge in [-0.25, -0.2) is 9.18 Å². The van der Waals surface area contributed by atoms with Crippen molar-refractivity contribution in [3.63, 3.8) is 0 Å². The number of hydrogen-bond acceptors (Lipinski definition) is 5. The number of rotatable bonds is 4. The SMILES string of the molecule is CC(=O)Nc1cc(C(=O)OC[C@@H]2COc3ccccc3O2)ccc1F. The molecule has 0 aromatic heterocycles. The van der Waals surface area contributed by atoms with Gasteiger partial charge in [-0.3, -0.25) is 4.79 Å². The number of anilines is 1. The summed E-state index contributed by atoms with van der Waals surface area (Å²) in [5, 5.41) is 2.32. The zero-order chi connectivity index (χ0) is 17.8. The van der Waals surface area contributed by atoms with Crippen molar-refractivity contribution in [1.82, 2.24) is 0 Å². The zero-order valence-corrected chi connectivity index (χ0v) is 13.5. The molecule has 1 amide bonds. The average Bonchev–Trinajstić information content (AvgIpc) is 2.61. The van der Waals surface area contributed by atoms with E-state index in [9.17, 15) is 14.0 Å². The van der Waals surface area contributed by atoms with Gasteiger partial charge in [0.05, 0.1) is 11.3 Å². The second kappa shape index (κ2) is 7.21. The van der Waals surface area contributed by atoms with Crippen LogP contribution >= 0.6 is 0 Å². The van der Waals surface area contributed by atoms with Gasteiger partial charge in [-0.1, -0.05) is 12.1 Å². The molecule has 1 N–H and O–H groups in total. The first-order valence-electron chi connectivity index (χ1n) is 7.65. The molecule has 7 heteroatoms. The lowest BCUT2D eigenvalue weighted by molar-refractivity contribution is -0.114. The summed E-state index contributed by atoms with van der Waals surface area (Å²) >= 11 is 0. The van der Waals surface area contributed by atoms with E-state index >= 15 is 0 Å². The van der Waals surface area contributed by atoms with Crippen molar-refractivity contribution in [2.75, 3.05) is 18.5 Å². The van der Waals surface area contributed by atoms with Crippen LogP contribution in [-0.4, -0.2) is 31.2 Å². The summed E-state index contributed by atoms with van der Waals surface area (Å²) in [5.41, 5.74) is 0.0513. The lowest BCUT2D eigenvalue weighted by Gasteiger charge is -2.26. The van der Waals surface area contributed by atoms with E-state index in [1.807, 2.05) is 12.1 Å². The third-order valence-electron chi connectivity index (χ3n) is 3.48. The molecule has 2 aromatic rings. The number of esters is 1. The molecular formula is C18H16FNO5. The van der Waals surface area contributed by atoms with Gasteiger partial charge in [0.2, 0.25) is 5.91 Å². The summed E-state index contributed by atoms with van der Waals surface area (Å²) in [6.45, 7) is 1.49. The molecule has 6 nitrogen and oxygen atoms in total. The van der Waals surface area contributed by atoms with E-state index in [4.69, 9.17) is 14.2 Å². The molecule has 2 aromatic carbocycles. The number of carbonyl (C=O) groups is 2. The van der Waals surface area contributed by atoms with Crippen LogP contribution in [0.5, 0.6) is 11.5 Å². The summed E-state index contributed by atoms with van der Waals surface area (Å²) in [4.78, 5) is 23.2. The Kier molecular flexibility index (Phi) is 4.83. The Labute approximate surface area is 143 Å². The monoisotopic (exact) mass is 345 g/mol. The van der Waals surface area contributed by atoms with Crippen molar-refractivity contribution in [3.8, 4) is 11.5 Å². The molecule has 0 saturated carbocycles. The Hall–Kier alpha value is -3.09. The average molecular weight is 345 g/mol. The van der Waals surface area contributed by atoms with Gasteiger partial charge in [0, 0.05) is 6.92 Å². The van der Waals surface area contributed by atoms with E-state index in [-0.39, 0.29) is 24.5 Å².